The molecule has 1 aromatic rings. The number of nitrogens with one attached hydrogen (secondary N) is 3. The molecule has 0 aromatic heterocycles. The van der Waals surface area contributed by atoms with Crippen molar-refractivity contribution >= 4 is 23.7 Å². The average Bonchev–Trinajstić information content (AvgIpc) is 2.80. The molecule has 0 saturated carbocycles. The zero-order valence-electron chi connectivity index (χ0n) is 22.3. The summed E-state index contributed by atoms with van der Waals surface area (Å²) in [6.07, 6.45) is 3.04. The van der Waals surface area contributed by atoms with Crippen LogP contribution in [0.3, 0.4) is 0 Å². The average molecular weight is 505 g/mol. The molecule has 4 unspecified atom stereocenters. The van der Waals surface area contributed by atoms with E-state index in [1.165, 1.54) is 0 Å². The Morgan fingerprint density at radius 1 is 0.806 bits per heavy atom. The van der Waals surface area contributed by atoms with Gasteiger partial charge in [-0.05, 0) is 36.7 Å². The van der Waals surface area contributed by atoms with Gasteiger partial charge in [0.15, 0.2) is 0 Å². The van der Waals surface area contributed by atoms with Gasteiger partial charge in [0.1, 0.15) is 18.1 Å². The summed E-state index contributed by atoms with van der Waals surface area (Å²) in [6, 6.07) is 5.35. The van der Waals surface area contributed by atoms with Crippen LogP contribution in [0, 0.1) is 11.8 Å². The van der Waals surface area contributed by atoms with Crippen molar-refractivity contribution in [3.63, 3.8) is 0 Å². The second-order valence-electron chi connectivity index (χ2n) is 10.2. The van der Waals surface area contributed by atoms with E-state index in [-0.39, 0.29) is 18.3 Å². The van der Waals surface area contributed by atoms with Gasteiger partial charge in [0, 0.05) is 6.42 Å². The van der Waals surface area contributed by atoms with E-state index in [1.807, 2.05) is 40.7 Å². The van der Waals surface area contributed by atoms with Crippen molar-refractivity contribution in [2.75, 3.05) is 0 Å². The first kappa shape index (κ1) is 31.1. The fourth-order valence-electron chi connectivity index (χ4n) is 3.83. The van der Waals surface area contributed by atoms with Crippen molar-refractivity contribution in [1.82, 2.24) is 16.0 Å². The summed E-state index contributed by atoms with van der Waals surface area (Å²) >= 11 is 0. The predicted molar refractivity (Wildman–Crippen MR) is 140 cm³/mol. The summed E-state index contributed by atoms with van der Waals surface area (Å²) in [7, 11) is 0. The number of nitrogens with two attached hydrogens (primary N) is 1. The Hall–Kier alpha value is -2.94. The maximum Gasteiger partial charge on any atom is 0.326 e. The van der Waals surface area contributed by atoms with E-state index in [2.05, 4.69) is 16.0 Å². The van der Waals surface area contributed by atoms with Crippen LogP contribution < -0.4 is 21.7 Å². The predicted octanol–water partition coefficient (Wildman–Crippen LogP) is 2.38. The molecular formula is C27H44N4O5. The Morgan fingerprint density at radius 3 is 1.72 bits per heavy atom. The summed E-state index contributed by atoms with van der Waals surface area (Å²) in [4.78, 5) is 50.7. The topological polar surface area (TPSA) is 151 Å². The van der Waals surface area contributed by atoms with Crippen LogP contribution >= 0.6 is 0 Å². The highest BCUT2D eigenvalue weighted by Crippen LogP contribution is 2.11. The maximum absolute atomic E-state index is 13.2. The summed E-state index contributed by atoms with van der Waals surface area (Å²) < 4.78 is 0. The molecule has 0 aliphatic carbocycles. The van der Waals surface area contributed by atoms with Crippen molar-refractivity contribution in [3.8, 4) is 0 Å². The van der Waals surface area contributed by atoms with E-state index >= 15 is 0 Å². The third kappa shape index (κ3) is 11.7. The smallest absolute Gasteiger partial charge is 0.326 e. The van der Waals surface area contributed by atoms with Gasteiger partial charge in [-0.15, -0.1) is 0 Å². The molecule has 0 fully saturated rings. The third-order valence-electron chi connectivity index (χ3n) is 5.78. The minimum atomic E-state index is -1.16. The van der Waals surface area contributed by atoms with Crippen molar-refractivity contribution in [2.24, 2.45) is 17.6 Å². The lowest BCUT2D eigenvalue weighted by atomic mass is 9.99. The molecule has 0 aliphatic heterocycles. The molecule has 1 aromatic carbocycles. The number of hydrogen-bond acceptors (Lipinski definition) is 5. The second kappa shape index (κ2) is 15.9. The Balaban J connectivity index is 2.97. The molecule has 3 amide bonds. The zero-order chi connectivity index (χ0) is 27.3. The number of aliphatic carboxylic acids is 1. The Morgan fingerprint density at radius 2 is 1.28 bits per heavy atom. The minimum Gasteiger partial charge on any atom is -0.480 e. The molecule has 4 atom stereocenters. The zero-order valence-corrected chi connectivity index (χ0v) is 22.3. The first-order chi connectivity index (χ1) is 16.9. The molecule has 0 bridgehead atoms. The summed E-state index contributed by atoms with van der Waals surface area (Å²) in [6.45, 7) is 9.69. The standard InChI is InChI=1S/C27H44N4O5/c1-6-7-13-20(28)24(32)29-21(14-17(2)3)25(33)30-22(15-18(4)5)26(34)31-23(27(35)36)16-19-11-9-8-10-12-19/h8-12,17-18,20-23H,6-7,13-16,28H2,1-5H3,(H,29,32)(H,30,33)(H,31,34)(H,35,36). The number of hydrogen-bond donors (Lipinski definition) is 5. The van der Waals surface area contributed by atoms with E-state index in [4.69, 9.17) is 5.73 Å². The SMILES string of the molecule is CCCCC(N)C(=O)NC(CC(C)C)C(=O)NC(CC(C)C)C(=O)NC(Cc1ccccc1)C(=O)O. The molecule has 0 saturated heterocycles. The number of amides is 3. The van der Waals surface area contributed by atoms with E-state index in [9.17, 15) is 24.3 Å². The molecule has 1 rings (SSSR count). The van der Waals surface area contributed by atoms with Gasteiger partial charge < -0.3 is 26.8 Å². The number of carboxylic acids is 1. The lowest BCUT2D eigenvalue weighted by Gasteiger charge is -2.27. The van der Waals surface area contributed by atoms with Crippen molar-refractivity contribution < 1.29 is 24.3 Å². The van der Waals surface area contributed by atoms with Gasteiger partial charge in [-0.3, -0.25) is 14.4 Å². The molecule has 0 aliphatic rings. The van der Waals surface area contributed by atoms with E-state index in [0.29, 0.717) is 19.3 Å². The number of carbonyl (C=O) groups is 4. The molecular weight excluding hydrogens is 460 g/mol. The van der Waals surface area contributed by atoms with Crippen LogP contribution in [-0.4, -0.2) is 53.0 Å². The van der Waals surface area contributed by atoms with Crippen LogP contribution in [0.1, 0.15) is 72.3 Å². The van der Waals surface area contributed by atoms with Crippen LogP contribution in [0.25, 0.3) is 0 Å². The van der Waals surface area contributed by atoms with Crippen LogP contribution in [0.2, 0.25) is 0 Å². The summed E-state index contributed by atoms with van der Waals surface area (Å²) in [5.74, 6) is -2.47. The Labute approximate surface area is 215 Å². The van der Waals surface area contributed by atoms with Gasteiger partial charge in [0.2, 0.25) is 17.7 Å². The van der Waals surface area contributed by atoms with Gasteiger partial charge in [-0.25, -0.2) is 4.79 Å². The lowest BCUT2D eigenvalue weighted by molar-refractivity contribution is -0.142. The van der Waals surface area contributed by atoms with Crippen LogP contribution in [0.15, 0.2) is 30.3 Å². The monoisotopic (exact) mass is 504 g/mol. The van der Waals surface area contributed by atoms with Crippen LogP contribution in [0.4, 0.5) is 0 Å². The minimum absolute atomic E-state index is 0.0547. The Bertz CT molecular complexity index is 844. The quantitative estimate of drug-likeness (QED) is 0.233. The first-order valence-electron chi connectivity index (χ1n) is 12.9. The van der Waals surface area contributed by atoms with Gasteiger partial charge in [0.05, 0.1) is 6.04 Å². The normalized spacial score (nSPS) is 14.6. The van der Waals surface area contributed by atoms with Crippen molar-refractivity contribution in [3.05, 3.63) is 35.9 Å². The van der Waals surface area contributed by atoms with E-state index < -0.39 is 47.9 Å². The molecule has 9 heteroatoms. The molecule has 9 nitrogen and oxygen atoms in total. The molecule has 36 heavy (non-hydrogen) atoms. The van der Waals surface area contributed by atoms with Gasteiger partial charge in [0.25, 0.3) is 0 Å². The summed E-state index contributed by atoms with van der Waals surface area (Å²) in [5, 5.41) is 17.7. The van der Waals surface area contributed by atoms with Crippen LogP contribution in [0.5, 0.6) is 0 Å². The van der Waals surface area contributed by atoms with Crippen LogP contribution in [-0.2, 0) is 25.6 Å². The molecule has 0 radical (unpaired) electrons. The fourth-order valence-corrected chi connectivity index (χ4v) is 3.83. The van der Waals surface area contributed by atoms with Gasteiger partial charge in [-0.1, -0.05) is 77.8 Å². The first-order valence-corrected chi connectivity index (χ1v) is 12.9. The van der Waals surface area contributed by atoms with Gasteiger partial charge >= 0.3 is 5.97 Å². The Kier molecular flexibility index (Phi) is 13.8. The number of carboxylic acid groups (broad SMARTS) is 1. The second-order valence-corrected chi connectivity index (χ2v) is 10.2. The number of benzene rings is 1. The highest BCUT2D eigenvalue weighted by Gasteiger charge is 2.31. The fraction of sp³-hybridized carbons (Fsp3) is 0.630. The van der Waals surface area contributed by atoms with Crippen molar-refractivity contribution in [1.29, 1.82) is 0 Å². The largest absolute Gasteiger partial charge is 0.480 e. The van der Waals surface area contributed by atoms with Crippen molar-refractivity contribution in [2.45, 2.75) is 97.3 Å². The van der Waals surface area contributed by atoms with Gasteiger partial charge in [-0.2, -0.15) is 0 Å². The van der Waals surface area contributed by atoms with E-state index in [0.717, 1.165) is 18.4 Å². The highest BCUT2D eigenvalue weighted by atomic mass is 16.4. The number of carbonyl (C=O) groups excluding carboxylic acids is 3. The molecule has 0 spiro atoms. The lowest BCUT2D eigenvalue weighted by Crippen LogP contribution is -2.57. The molecule has 0 heterocycles. The number of rotatable bonds is 16. The number of unbranched alkanes of at least 4 members (excludes halogenated alkanes) is 1. The molecule has 202 valence electrons. The third-order valence-corrected chi connectivity index (χ3v) is 5.78. The maximum atomic E-state index is 13.2. The highest BCUT2D eigenvalue weighted by molar-refractivity contribution is 5.94. The van der Waals surface area contributed by atoms with E-state index in [1.54, 1.807) is 24.3 Å². The molecule has 6 N–H and O–H groups in total. The summed E-state index contributed by atoms with van der Waals surface area (Å²) in [5.41, 5.74) is 6.75.